The zero-order chi connectivity index (χ0) is 11.6. The molecule has 16 heavy (non-hydrogen) atoms. The summed E-state index contributed by atoms with van der Waals surface area (Å²) >= 11 is 0. The first-order valence-corrected chi connectivity index (χ1v) is 5.71. The van der Waals surface area contributed by atoms with Gasteiger partial charge in [-0.25, -0.2) is 0 Å². The average Bonchev–Trinajstić information content (AvgIpc) is 2.76. The molecule has 0 aliphatic carbocycles. The Morgan fingerprint density at radius 3 is 2.69 bits per heavy atom. The molecule has 1 aromatic rings. The Hall–Kier alpha value is -0.840. The van der Waals surface area contributed by atoms with Crippen LogP contribution in [0, 0.1) is 0 Å². The third-order valence-corrected chi connectivity index (χ3v) is 2.22. The monoisotopic (exact) mass is 227 g/mol. The molecule has 0 saturated heterocycles. The molecule has 1 N–H and O–H groups in total. The first-order chi connectivity index (χ1) is 7.86. The standard InChI is InChI=1S/C12H21NO3/c1-3-11-4-5-12(16-11)10-13-6-7-15-9-8-14-2/h4-5,13H,3,6-10H2,1-2H3. The molecule has 0 aliphatic heterocycles. The van der Waals surface area contributed by atoms with Gasteiger partial charge in [-0.05, 0) is 12.1 Å². The predicted molar refractivity (Wildman–Crippen MR) is 62.5 cm³/mol. The summed E-state index contributed by atoms with van der Waals surface area (Å²) in [4.78, 5) is 0. The minimum Gasteiger partial charge on any atom is -0.465 e. The van der Waals surface area contributed by atoms with Gasteiger partial charge >= 0.3 is 0 Å². The quantitative estimate of drug-likeness (QED) is 0.651. The Labute approximate surface area is 96.9 Å². The molecule has 0 spiro atoms. The van der Waals surface area contributed by atoms with E-state index in [1.807, 2.05) is 12.1 Å². The topological polar surface area (TPSA) is 43.6 Å². The van der Waals surface area contributed by atoms with E-state index in [4.69, 9.17) is 13.9 Å². The zero-order valence-corrected chi connectivity index (χ0v) is 10.1. The van der Waals surface area contributed by atoms with Crippen molar-refractivity contribution in [1.29, 1.82) is 0 Å². The van der Waals surface area contributed by atoms with Crippen molar-refractivity contribution in [2.75, 3.05) is 33.5 Å². The number of furan rings is 1. The molecule has 1 heterocycles. The van der Waals surface area contributed by atoms with E-state index in [0.29, 0.717) is 19.8 Å². The van der Waals surface area contributed by atoms with Gasteiger partial charge in [-0.15, -0.1) is 0 Å². The van der Waals surface area contributed by atoms with E-state index in [1.54, 1.807) is 7.11 Å². The van der Waals surface area contributed by atoms with Crippen LogP contribution in [-0.4, -0.2) is 33.5 Å². The normalized spacial score (nSPS) is 10.9. The number of hydrogen-bond acceptors (Lipinski definition) is 4. The van der Waals surface area contributed by atoms with Gasteiger partial charge in [-0.3, -0.25) is 0 Å². The number of rotatable bonds is 9. The number of ether oxygens (including phenoxy) is 2. The highest BCUT2D eigenvalue weighted by Gasteiger charge is 1.99. The van der Waals surface area contributed by atoms with Gasteiger partial charge in [0.05, 0.1) is 26.4 Å². The summed E-state index contributed by atoms with van der Waals surface area (Å²) in [7, 11) is 1.67. The zero-order valence-electron chi connectivity index (χ0n) is 10.1. The molecule has 0 unspecified atom stereocenters. The molecule has 92 valence electrons. The Balaban J connectivity index is 1.98. The van der Waals surface area contributed by atoms with Crippen LogP contribution < -0.4 is 5.32 Å². The molecule has 0 fully saturated rings. The van der Waals surface area contributed by atoms with Crippen molar-refractivity contribution in [1.82, 2.24) is 5.32 Å². The Kier molecular flexibility index (Phi) is 6.88. The van der Waals surface area contributed by atoms with Crippen LogP contribution in [0.3, 0.4) is 0 Å². The van der Waals surface area contributed by atoms with E-state index < -0.39 is 0 Å². The molecular weight excluding hydrogens is 206 g/mol. The predicted octanol–water partition coefficient (Wildman–Crippen LogP) is 1.59. The molecule has 1 rings (SSSR count). The van der Waals surface area contributed by atoms with E-state index in [9.17, 15) is 0 Å². The van der Waals surface area contributed by atoms with E-state index in [1.165, 1.54) is 0 Å². The van der Waals surface area contributed by atoms with Crippen LogP contribution in [0.4, 0.5) is 0 Å². The van der Waals surface area contributed by atoms with Gasteiger partial charge < -0.3 is 19.2 Å². The maximum Gasteiger partial charge on any atom is 0.117 e. The fourth-order valence-electron chi connectivity index (χ4n) is 1.31. The minimum absolute atomic E-state index is 0.651. The second kappa shape index (κ2) is 8.33. The van der Waals surface area contributed by atoms with E-state index >= 15 is 0 Å². The van der Waals surface area contributed by atoms with E-state index in [2.05, 4.69) is 12.2 Å². The molecule has 0 aliphatic rings. The first kappa shape index (κ1) is 13.2. The second-order valence-corrected chi connectivity index (χ2v) is 3.50. The van der Waals surface area contributed by atoms with Crippen LogP contribution in [0.15, 0.2) is 16.5 Å². The van der Waals surface area contributed by atoms with Crippen molar-refractivity contribution in [3.63, 3.8) is 0 Å². The smallest absolute Gasteiger partial charge is 0.117 e. The Morgan fingerprint density at radius 2 is 2.00 bits per heavy atom. The third-order valence-electron chi connectivity index (χ3n) is 2.22. The van der Waals surface area contributed by atoms with Crippen LogP contribution >= 0.6 is 0 Å². The minimum atomic E-state index is 0.651. The van der Waals surface area contributed by atoms with Gasteiger partial charge in [-0.1, -0.05) is 6.92 Å². The highest BCUT2D eigenvalue weighted by atomic mass is 16.5. The lowest BCUT2D eigenvalue weighted by atomic mass is 10.3. The highest BCUT2D eigenvalue weighted by Crippen LogP contribution is 2.07. The summed E-state index contributed by atoms with van der Waals surface area (Å²) in [6, 6.07) is 4.03. The number of hydrogen-bond donors (Lipinski definition) is 1. The Bertz CT molecular complexity index is 273. The molecular formula is C12H21NO3. The molecule has 1 aromatic heterocycles. The summed E-state index contributed by atoms with van der Waals surface area (Å²) in [6.45, 7) is 5.67. The molecule has 0 amide bonds. The van der Waals surface area contributed by atoms with Crippen molar-refractivity contribution in [2.45, 2.75) is 19.9 Å². The lowest BCUT2D eigenvalue weighted by Gasteiger charge is -2.04. The summed E-state index contributed by atoms with van der Waals surface area (Å²) in [5, 5.41) is 3.26. The average molecular weight is 227 g/mol. The second-order valence-electron chi connectivity index (χ2n) is 3.50. The Morgan fingerprint density at radius 1 is 1.19 bits per heavy atom. The maximum atomic E-state index is 5.55. The molecule has 4 heteroatoms. The lowest BCUT2D eigenvalue weighted by molar-refractivity contribution is 0.0717. The van der Waals surface area contributed by atoms with Crippen molar-refractivity contribution in [3.05, 3.63) is 23.7 Å². The first-order valence-electron chi connectivity index (χ1n) is 5.71. The van der Waals surface area contributed by atoms with Crippen molar-refractivity contribution < 1.29 is 13.9 Å². The molecule has 0 bridgehead atoms. The molecule has 0 saturated carbocycles. The summed E-state index contributed by atoms with van der Waals surface area (Å²) < 4.78 is 15.7. The van der Waals surface area contributed by atoms with Crippen LogP contribution in [0.25, 0.3) is 0 Å². The molecule has 4 nitrogen and oxygen atoms in total. The highest BCUT2D eigenvalue weighted by molar-refractivity contribution is 5.06. The van der Waals surface area contributed by atoms with Crippen LogP contribution in [0.5, 0.6) is 0 Å². The van der Waals surface area contributed by atoms with Crippen molar-refractivity contribution in [2.24, 2.45) is 0 Å². The van der Waals surface area contributed by atoms with Crippen LogP contribution in [0.2, 0.25) is 0 Å². The van der Waals surface area contributed by atoms with Crippen molar-refractivity contribution in [3.8, 4) is 0 Å². The molecule has 0 atom stereocenters. The third kappa shape index (κ3) is 5.30. The fourth-order valence-corrected chi connectivity index (χ4v) is 1.31. The number of methoxy groups -OCH3 is 1. The van der Waals surface area contributed by atoms with Gasteiger partial charge in [0.15, 0.2) is 0 Å². The largest absolute Gasteiger partial charge is 0.465 e. The van der Waals surface area contributed by atoms with Gasteiger partial charge in [0, 0.05) is 20.1 Å². The van der Waals surface area contributed by atoms with E-state index in [0.717, 1.165) is 31.0 Å². The van der Waals surface area contributed by atoms with Crippen LogP contribution in [-0.2, 0) is 22.4 Å². The van der Waals surface area contributed by atoms with Gasteiger partial charge in [0.25, 0.3) is 0 Å². The number of nitrogens with one attached hydrogen (secondary N) is 1. The number of aryl methyl sites for hydroxylation is 1. The van der Waals surface area contributed by atoms with Crippen molar-refractivity contribution >= 4 is 0 Å². The van der Waals surface area contributed by atoms with Gasteiger partial charge in [0.1, 0.15) is 11.5 Å². The molecule has 0 aromatic carbocycles. The van der Waals surface area contributed by atoms with Gasteiger partial charge in [-0.2, -0.15) is 0 Å². The molecule has 0 radical (unpaired) electrons. The van der Waals surface area contributed by atoms with E-state index in [-0.39, 0.29) is 0 Å². The summed E-state index contributed by atoms with van der Waals surface area (Å²) in [6.07, 6.45) is 0.945. The SMILES string of the molecule is CCc1ccc(CNCCOCCOC)o1. The summed E-state index contributed by atoms with van der Waals surface area (Å²) in [5.41, 5.74) is 0. The summed E-state index contributed by atoms with van der Waals surface area (Å²) in [5.74, 6) is 2.02. The fraction of sp³-hybridized carbons (Fsp3) is 0.667. The lowest BCUT2D eigenvalue weighted by Crippen LogP contribution is -2.19. The van der Waals surface area contributed by atoms with Gasteiger partial charge in [0.2, 0.25) is 0 Å². The maximum absolute atomic E-state index is 5.55. The van der Waals surface area contributed by atoms with Crippen LogP contribution in [0.1, 0.15) is 18.4 Å².